The quantitative estimate of drug-likeness (QED) is 0.659. The molecule has 1 atom stereocenters. The monoisotopic (exact) mass is 403 g/mol. The third-order valence-corrected chi connectivity index (χ3v) is 5.87. The third kappa shape index (κ3) is 3.99. The fourth-order valence-electron chi connectivity index (χ4n) is 4.28. The molecule has 0 radical (unpaired) electrons. The van der Waals surface area contributed by atoms with Gasteiger partial charge in [0.25, 0.3) is 5.91 Å². The molecule has 1 unspecified atom stereocenters. The molecule has 1 aromatic carbocycles. The van der Waals surface area contributed by atoms with Crippen molar-refractivity contribution < 1.29 is 4.79 Å². The molecule has 1 amide bonds. The lowest BCUT2D eigenvalue weighted by Crippen LogP contribution is -2.40. The molecule has 30 heavy (non-hydrogen) atoms. The number of amides is 1. The van der Waals surface area contributed by atoms with Crippen molar-refractivity contribution in [2.24, 2.45) is 7.05 Å². The first kappa shape index (κ1) is 20.3. The Hall–Kier alpha value is -3.02. The van der Waals surface area contributed by atoms with E-state index in [4.69, 9.17) is 4.98 Å². The van der Waals surface area contributed by atoms with Crippen LogP contribution in [0.25, 0.3) is 11.1 Å². The van der Waals surface area contributed by atoms with Gasteiger partial charge in [0, 0.05) is 37.8 Å². The van der Waals surface area contributed by atoms with Crippen molar-refractivity contribution in [1.82, 2.24) is 24.6 Å². The zero-order valence-electron chi connectivity index (χ0n) is 18.2. The van der Waals surface area contributed by atoms with Crippen molar-refractivity contribution in [3.63, 3.8) is 0 Å². The van der Waals surface area contributed by atoms with E-state index >= 15 is 0 Å². The molecule has 1 aliphatic rings. The molecule has 3 aromatic rings. The van der Waals surface area contributed by atoms with E-state index in [1.165, 1.54) is 5.56 Å². The number of aromatic nitrogens is 4. The molecule has 1 fully saturated rings. The van der Waals surface area contributed by atoms with Gasteiger partial charge in [0.05, 0.1) is 11.4 Å². The maximum absolute atomic E-state index is 13.2. The summed E-state index contributed by atoms with van der Waals surface area (Å²) >= 11 is 0. The van der Waals surface area contributed by atoms with E-state index in [9.17, 15) is 4.79 Å². The lowest BCUT2D eigenvalue weighted by atomic mass is 9.89. The van der Waals surface area contributed by atoms with Gasteiger partial charge in [-0.2, -0.15) is 5.10 Å². The molecule has 0 aliphatic carbocycles. The number of piperidine rings is 1. The number of nitrogens with zero attached hydrogens (tertiary/aromatic N) is 5. The highest BCUT2D eigenvalue weighted by molar-refractivity contribution is 5.92. The molecule has 0 spiro atoms. The molecular formula is C24H29N5O. The van der Waals surface area contributed by atoms with Gasteiger partial charge < -0.3 is 4.90 Å². The second kappa shape index (κ2) is 8.38. The van der Waals surface area contributed by atoms with Crippen molar-refractivity contribution in [2.75, 3.05) is 13.1 Å². The van der Waals surface area contributed by atoms with Gasteiger partial charge in [-0.3, -0.25) is 9.48 Å². The molecule has 0 N–H and O–H groups in total. The highest BCUT2D eigenvalue weighted by Gasteiger charge is 2.29. The standard InChI is InChI=1S/C24H29N5O/c1-5-20-13-22(28(4)27-20)24(30)29-11-7-10-19(15-29)23-21(14-25-17(3)26-23)18-9-6-8-16(2)12-18/h6,8-9,12-14,19H,5,7,10-11,15H2,1-4H3. The number of carbonyl (C=O) groups excluding carboxylic acids is 1. The van der Waals surface area contributed by atoms with Crippen LogP contribution >= 0.6 is 0 Å². The van der Waals surface area contributed by atoms with Crippen molar-refractivity contribution in [3.8, 4) is 11.1 Å². The molecule has 2 aromatic heterocycles. The lowest BCUT2D eigenvalue weighted by Gasteiger charge is -2.33. The van der Waals surface area contributed by atoms with Crippen molar-refractivity contribution >= 4 is 5.91 Å². The Bertz CT molecular complexity index is 1070. The maximum atomic E-state index is 13.2. The molecule has 4 rings (SSSR count). The first-order chi connectivity index (χ1) is 14.5. The van der Waals surface area contributed by atoms with Crippen LogP contribution < -0.4 is 0 Å². The molecular weight excluding hydrogens is 374 g/mol. The predicted molar refractivity (Wildman–Crippen MR) is 117 cm³/mol. The van der Waals surface area contributed by atoms with Gasteiger partial charge in [0.1, 0.15) is 11.5 Å². The number of hydrogen-bond donors (Lipinski definition) is 0. The van der Waals surface area contributed by atoms with E-state index in [2.05, 4.69) is 48.2 Å². The Morgan fingerprint density at radius 3 is 2.80 bits per heavy atom. The Labute approximate surface area is 178 Å². The average Bonchev–Trinajstić information content (AvgIpc) is 3.14. The number of likely N-dealkylation sites (tertiary alicyclic amines) is 1. The number of rotatable bonds is 4. The molecule has 0 bridgehead atoms. The van der Waals surface area contributed by atoms with E-state index in [-0.39, 0.29) is 11.8 Å². The van der Waals surface area contributed by atoms with Gasteiger partial charge in [-0.1, -0.05) is 36.8 Å². The summed E-state index contributed by atoms with van der Waals surface area (Å²) in [6.07, 6.45) is 4.74. The van der Waals surface area contributed by atoms with Gasteiger partial charge in [-0.25, -0.2) is 9.97 Å². The summed E-state index contributed by atoms with van der Waals surface area (Å²) in [5.41, 5.74) is 6.06. The van der Waals surface area contributed by atoms with E-state index in [0.29, 0.717) is 12.2 Å². The summed E-state index contributed by atoms with van der Waals surface area (Å²) in [6, 6.07) is 10.4. The molecule has 1 aliphatic heterocycles. The summed E-state index contributed by atoms with van der Waals surface area (Å²) < 4.78 is 1.71. The summed E-state index contributed by atoms with van der Waals surface area (Å²) in [6.45, 7) is 7.51. The van der Waals surface area contributed by atoms with Gasteiger partial charge in [-0.15, -0.1) is 0 Å². The smallest absolute Gasteiger partial charge is 0.272 e. The van der Waals surface area contributed by atoms with Crippen LogP contribution in [-0.4, -0.2) is 43.6 Å². The number of carbonyl (C=O) groups is 1. The van der Waals surface area contributed by atoms with E-state index in [1.54, 1.807) is 4.68 Å². The zero-order valence-corrected chi connectivity index (χ0v) is 18.2. The summed E-state index contributed by atoms with van der Waals surface area (Å²) in [5.74, 6) is 1.01. The number of aryl methyl sites for hydroxylation is 4. The van der Waals surface area contributed by atoms with Crippen LogP contribution in [0.2, 0.25) is 0 Å². The highest BCUT2D eigenvalue weighted by Crippen LogP contribution is 2.33. The van der Waals surface area contributed by atoms with Crippen LogP contribution in [0, 0.1) is 13.8 Å². The zero-order chi connectivity index (χ0) is 21.3. The first-order valence-corrected chi connectivity index (χ1v) is 10.7. The molecule has 6 nitrogen and oxygen atoms in total. The van der Waals surface area contributed by atoms with Crippen LogP contribution in [-0.2, 0) is 13.5 Å². The van der Waals surface area contributed by atoms with Crippen molar-refractivity contribution in [2.45, 2.75) is 46.0 Å². The molecule has 0 saturated carbocycles. The number of benzene rings is 1. The van der Waals surface area contributed by atoms with Crippen LogP contribution in [0.5, 0.6) is 0 Å². The Morgan fingerprint density at radius 2 is 2.07 bits per heavy atom. The Morgan fingerprint density at radius 1 is 1.23 bits per heavy atom. The molecule has 3 heterocycles. The van der Waals surface area contributed by atoms with Crippen molar-refractivity contribution in [3.05, 3.63) is 65.0 Å². The van der Waals surface area contributed by atoms with Gasteiger partial charge in [-0.05, 0) is 44.7 Å². The predicted octanol–water partition coefficient (Wildman–Crippen LogP) is 4.08. The third-order valence-electron chi connectivity index (χ3n) is 5.87. The summed E-state index contributed by atoms with van der Waals surface area (Å²) in [4.78, 5) is 24.5. The topological polar surface area (TPSA) is 63.9 Å². The molecule has 6 heteroatoms. The summed E-state index contributed by atoms with van der Waals surface area (Å²) in [5, 5.41) is 4.44. The summed E-state index contributed by atoms with van der Waals surface area (Å²) in [7, 11) is 1.84. The lowest BCUT2D eigenvalue weighted by molar-refractivity contribution is 0.0695. The largest absolute Gasteiger partial charge is 0.337 e. The number of hydrogen-bond acceptors (Lipinski definition) is 4. The van der Waals surface area contributed by atoms with Gasteiger partial charge in [0.15, 0.2) is 0 Å². The Balaban J connectivity index is 1.64. The highest BCUT2D eigenvalue weighted by atomic mass is 16.2. The first-order valence-electron chi connectivity index (χ1n) is 10.7. The molecule has 1 saturated heterocycles. The van der Waals surface area contributed by atoms with Crippen LogP contribution in [0.3, 0.4) is 0 Å². The minimum absolute atomic E-state index is 0.0530. The van der Waals surface area contributed by atoms with Gasteiger partial charge in [0.2, 0.25) is 0 Å². The van der Waals surface area contributed by atoms with E-state index in [1.807, 2.05) is 31.1 Å². The van der Waals surface area contributed by atoms with E-state index in [0.717, 1.165) is 54.1 Å². The van der Waals surface area contributed by atoms with Crippen LogP contribution in [0.4, 0.5) is 0 Å². The normalized spacial score (nSPS) is 16.7. The average molecular weight is 404 g/mol. The van der Waals surface area contributed by atoms with Crippen LogP contribution in [0.15, 0.2) is 36.5 Å². The minimum atomic E-state index is 0.0530. The SMILES string of the molecule is CCc1cc(C(=O)N2CCCC(c3nc(C)ncc3-c3cccc(C)c3)C2)n(C)n1. The van der Waals surface area contributed by atoms with E-state index < -0.39 is 0 Å². The van der Waals surface area contributed by atoms with Crippen LogP contribution in [0.1, 0.15) is 58.9 Å². The second-order valence-electron chi connectivity index (χ2n) is 8.17. The maximum Gasteiger partial charge on any atom is 0.272 e. The van der Waals surface area contributed by atoms with Gasteiger partial charge >= 0.3 is 0 Å². The minimum Gasteiger partial charge on any atom is -0.337 e. The molecule has 156 valence electrons. The fourth-order valence-corrected chi connectivity index (χ4v) is 4.28. The Kier molecular flexibility index (Phi) is 5.66. The fraction of sp³-hybridized carbons (Fsp3) is 0.417. The van der Waals surface area contributed by atoms with Crippen molar-refractivity contribution in [1.29, 1.82) is 0 Å². The second-order valence-corrected chi connectivity index (χ2v) is 8.17.